The molecule has 3 N–H and O–H groups in total. The van der Waals surface area contributed by atoms with Gasteiger partial charge in [-0.25, -0.2) is 0 Å². The molecule has 0 saturated heterocycles. The number of carbonyl (C=O) groups is 2. The highest BCUT2D eigenvalue weighted by atomic mass is 16.5. The Balaban J connectivity index is 2.60. The summed E-state index contributed by atoms with van der Waals surface area (Å²) in [6, 6.07) is -0.284. The van der Waals surface area contributed by atoms with E-state index >= 15 is 0 Å². The molecule has 0 spiro atoms. The van der Waals surface area contributed by atoms with Crippen molar-refractivity contribution in [3.8, 4) is 0 Å². The molecule has 6 nitrogen and oxygen atoms in total. The minimum atomic E-state index is -0.598. The van der Waals surface area contributed by atoms with Gasteiger partial charge < -0.3 is 20.5 Å². The topological polar surface area (TPSA) is 90.7 Å². The number of nitrogens with two attached hydrogens (primary N) is 1. The molecule has 1 rings (SSSR count). The van der Waals surface area contributed by atoms with Crippen LogP contribution in [0.25, 0.3) is 0 Å². The van der Waals surface area contributed by atoms with Gasteiger partial charge in [0.25, 0.3) is 0 Å². The molecule has 0 aromatic rings. The van der Waals surface area contributed by atoms with Crippen molar-refractivity contribution in [2.45, 2.75) is 51.3 Å². The van der Waals surface area contributed by atoms with Gasteiger partial charge in [-0.3, -0.25) is 9.59 Å². The molecule has 1 unspecified atom stereocenters. The van der Waals surface area contributed by atoms with E-state index in [9.17, 15) is 9.59 Å². The molecule has 0 radical (unpaired) electrons. The molecule has 1 atom stereocenters. The first-order chi connectivity index (χ1) is 8.78. The molecule has 6 heteroatoms. The molecule has 0 aromatic carbocycles. The average Bonchev–Trinajstić information content (AvgIpc) is 2.28. The van der Waals surface area contributed by atoms with Crippen LogP contribution >= 0.6 is 0 Å². The Hall–Kier alpha value is -1.14. The van der Waals surface area contributed by atoms with Gasteiger partial charge in [-0.15, -0.1) is 0 Å². The lowest BCUT2D eigenvalue weighted by molar-refractivity contribution is -0.152. The number of amides is 1. The smallest absolute Gasteiger partial charge is 0.308 e. The molecule has 1 saturated carbocycles. The van der Waals surface area contributed by atoms with Crippen LogP contribution in [0.2, 0.25) is 0 Å². The molecule has 1 amide bonds. The number of nitrogens with one attached hydrogen (secondary N) is 1. The maximum absolute atomic E-state index is 11.4. The third-order valence-electron chi connectivity index (χ3n) is 3.46. The van der Waals surface area contributed by atoms with Crippen LogP contribution in [0.5, 0.6) is 0 Å². The second-order valence-electron chi connectivity index (χ2n) is 5.50. The lowest BCUT2D eigenvalue weighted by Gasteiger charge is -2.48. The lowest BCUT2D eigenvalue weighted by Crippen LogP contribution is -2.67. The Bertz CT molecular complexity index is 338. The largest absolute Gasteiger partial charge is 0.469 e. The van der Waals surface area contributed by atoms with Crippen LogP contribution in [0.15, 0.2) is 0 Å². The standard InChI is InChI=1S/C13H24N2O4/c1-8(2)19-7-11(15-9(3)16)13(14)5-10(6-13)12(17)18-4/h8,10-11H,5-7,14H2,1-4H3,(H,15,16). The highest BCUT2D eigenvalue weighted by Gasteiger charge is 2.50. The molecule has 1 aliphatic rings. The van der Waals surface area contributed by atoms with Gasteiger partial charge in [0.2, 0.25) is 5.91 Å². The van der Waals surface area contributed by atoms with Crippen LogP contribution in [0.4, 0.5) is 0 Å². The van der Waals surface area contributed by atoms with Gasteiger partial charge in [-0.1, -0.05) is 0 Å². The zero-order valence-electron chi connectivity index (χ0n) is 12.1. The van der Waals surface area contributed by atoms with E-state index in [4.69, 9.17) is 15.2 Å². The average molecular weight is 272 g/mol. The molecule has 0 bridgehead atoms. The summed E-state index contributed by atoms with van der Waals surface area (Å²) in [5.74, 6) is -0.568. The summed E-state index contributed by atoms with van der Waals surface area (Å²) in [5.41, 5.74) is 5.66. The third kappa shape index (κ3) is 4.18. The third-order valence-corrected chi connectivity index (χ3v) is 3.46. The van der Waals surface area contributed by atoms with Gasteiger partial charge in [0, 0.05) is 12.5 Å². The Morgan fingerprint density at radius 3 is 2.42 bits per heavy atom. The molecule has 0 aromatic heterocycles. The van der Waals surface area contributed by atoms with Crippen LogP contribution in [-0.2, 0) is 19.1 Å². The van der Waals surface area contributed by atoms with Crippen molar-refractivity contribution in [1.29, 1.82) is 0 Å². The number of hydrogen-bond acceptors (Lipinski definition) is 5. The number of carbonyl (C=O) groups excluding carboxylic acids is 2. The molecular weight excluding hydrogens is 248 g/mol. The maximum atomic E-state index is 11.4. The molecular formula is C13H24N2O4. The van der Waals surface area contributed by atoms with Crippen molar-refractivity contribution >= 4 is 11.9 Å². The monoisotopic (exact) mass is 272 g/mol. The van der Waals surface area contributed by atoms with E-state index in [0.29, 0.717) is 19.4 Å². The molecule has 0 heterocycles. The fourth-order valence-corrected chi connectivity index (χ4v) is 2.36. The predicted octanol–water partition coefficient (Wildman–Crippen LogP) is 0.197. The van der Waals surface area contributed by atoms with Crippen LogP contribution in [0, 0.1) is 5.92 Å². The van der Waals surface area contributed by atoms with Crippen molar-refractivity contribution in [3.05, 3.63) is 0 Å². The van der Waals surface area contributed by atoms with E-state index in [0.717, 1.165) is 0 Å². The fourth-order valence-electron chi connectivity index (χ4n) is 2.36. The second kappa shape index (κ2) is 6.34. The fraction of sp³-hybridized carbons (Fsp3) is 0.846. The number of hydrogen-bond donors (Lipinski definition) is 2. The molecule has 110 valence electrons. The summed E-state index contributed by atoms with van der Waals surface area (Å²) in [4.78, 5) is 22.6. The first-order valence-corrected chi connectivity index (χ1v) is 6.54. The second-order valence-corrected chi connectivity index (χ2v) is 5.50. The molecule has 0 aliphatic heterocycles. The van der Waals surface area contributed by atoms with E-state index in [2.05, 4.69) is 5.32 Å². The van der Waals surface area contributed by atoms with Crippen molar-refractivity contribution in [2.24, 2.45) is 11.7 Å². The summed E-state index contributed by atoms with van der Waals surface area (Å²) < 4.78 is 10.2. The minimum Gasteiger partial charge on any atom is -0.469 e. The van der Waals surface area contributed by atoms with Crippen LogP contribution in [0.1, 0.15) is 33.6 Å². The molecule has 19 heavy (non-hydrogen) atoms. The van der Waals surface area contributed by atoms with Crippen molar-refractivity contribution in [1.82, 2.24) is 5.32 Å². The highest BCUT2D eigenvalue weighted by molar-refractivity contribution is 5.75. The summed E-state index contributed by atoms with van der Waals surface area (Å²) in [6.07, 6.45) is 1.08. The Labute approximate surface area is 114 Å². The summed E-state index contributed by atoms with van der Waals surface area (Å²) in [5, 5.41) is 2.81. The Kier molecular flexibility index (Phi) is 5.31. The van der Waals surface area contributed by atoms with Gasteiger partial charge in [0.15, 0.2) is 0 Å². The van der Waals surface area contributed by atoms with Crippen LogP contribution < -0.4 is 11.1 Å². The van der Waals surface area contributed by atoms with E-state index in [1.54, 1.807) is 0 Å². The van der Waals surface area contributed by atoms with Crippen molar-refractivity contribution in [2.75, 3.05) is 13.7 Å². The SMILES string of the molecule is COC(=O)C1CC(N)(C(COC(C)C)NC(C)=O)C1. The number of ether oxygens (including phenoxy) is 2. The summed E-state index contributed by atoms with van der Waals surface area (Å²) >= 11 is 0. The van der Waals surface area contributed by atoms with Crippen molar-refractivity contribution in [3.63, 3.8) is 0 Å². The summed E-state index contributed by atoms with van der Waals surface area (Å²) in [6.45, 7) is 5.64. The maximum Gasteiger partial charge on any atom is 0.308 e. The van der Waals surface area contributed by atoms with E-state index in [1.165, 1.54) is 14.0 Å². The number of rotatable bonds is 6. The van der Waals surface area contributed by atoms with Gasteiger partial charge in [0.1, 0.15) is 0 Å². The normalized spacial score (nSPS) is 27.6. The highest BCUT2D eigenvalue weighted by Crippen LogP contribution is 2.39. The molecule has 1 aliphatic carbocycles. The van der Waals surface area contributed by atoms with E-state index < -0.39 is 5.54 Å². The van der Waals surface area contributed by atoms with Gasteiger partial charge in [0.05, 0.1) is 31.8 Å². The van der Waals surface area contributed by atoms with E-state index in [-0.39, 0.29) is 29.9 Å². The Morgan fingerprint density at radius 2 is 2.00 bits per heavy atom. The minimum absolute atomic E-state index is 0.0661. The van der Waals surface area contributed by atoms with Gasteiger partial charge in [-0.05, 0) is 26.7 Å². The predicted molar refractivity (Wildman–Crippen MR) is 70.4 cm³/mol. The first kappa shape index (κ1) is 15.9. The first-order valence-electron chi connectivity index (χ1n) is 6.54. The quantitative estimate of drug-likeness (QED) is 0.674. The molecule has 1 fully saturated rings. The van der Waals surface area contributed by atoms with Crippen LogP contribution in [-0.4, -0.2) is 43.3 Å². The lowest BCUT2D eigenvalue weighted by atomic mass is 9.65. The Morgan fingerprint density at radius 1 is 1.42 bits per heavy atom. The zero-order chi connectivity index (χ0) is 14.6. The summed E-state index contributed by atoms with van der Waals surface area (Å²) in [7, 11) is 1.37. The number of esters is 1. The van der Waals surface area contributed by atoms with Crippen molar-refractivity contribution < 1.29 is 19.1 Å². The zero-order valence-corrected chi connectivity index (χ0v) is 12.1. The van der Waals surface area contributed by atoms with Gasteiger partial charge >= 0.3 is 5.97 Å². The van der Waals surface area contributed by atoms with E-state index in [1.807, 2.05) is 13.8 Å². The van der Waals surface area contributed by atoms with Crippen LogP contribution in [0.3, 0.4) is 0 Å². The number of methoxy groups -OCH3 is 1. The van der Waals surface area contributed by atoms with Gasteiger partial charge in [-0.2, -0.15) is 0 Å².